The van der Waals surface area contributed by atoms with E-state index in [0.29, 0.717) is 13.0 Å². The Hall–Kier alpha value is -1.86. The Morgan fingerprint density at radius 2 is 2.11 bits per heavy atom. The van der Waals surface area contributed by atoms with E-state index >= 15 is 0 Å². The van der Waals surface area contributed by atoms with E-state index in [9.17, 15) is 18.0 Å². The number of aromatic nitrogens is 2. The van der Waals surface area contributed by atoms with Crippen molar-refractivity contribution in [3.63, 3.8) is 0 Å². The zero-order chi connectivity index (χ0) is 13.6. The molecule has 0 fully saturated rings. The summed E-state index contributed by atoms with van der Waals surface area (Å²) in [5, 5.41) is 11.1. The Morgan fingerprint density at radius 1 is 1.39 bits per heavy atom. The van der Waals surface area contributed by atoms with Crippen molar-refractivity contribution in [2.75, 3.05) is 11.9 Å². The fraction of sp³-hybridized carbons (Fsp3) is 0.500. The van der Waals surface area contributed by atoms with Crippen LogP contribution in [0.3, 0.4) is 0 Å². The van der Waals surface area contributed by atoms with Crippen LogP contribution in [0, 0.1) is 0 Å². The standard InChI is InChI=1S/C10H12F3N3O2/c11-10(12,13)5-7-4-8(16-6-15-7)14-3-1-2-9(17)18/h4,6H,1-3,5H2,(H,17,18)(H,14,15,16). The molecule has 0 saturated heterocycles. The maximum absolute atomic E-state index is 12.1. The van der Waals surface area contributed by atoms with Gasteiger partial charge in [-0.2, -0.15) is 13.2 Å². The van der Waals surface area contributed by atoms with Crippen molar-refractivity contribution in [3.05, 3.63) is 18.1 Å². The number of rotatable bonds is 6. The van der Waals surface area contributed by atoms with Crippen molar-refractivity contribution >= 4 is 11.8 Å². The van der Waals surface area contributed by atoms with Gasteiger partial charge in [0.2, 0.25) is 0 Å². The molecule has 5 nitrogen and oxygen atoms in total. The molecule has 0 saturated carbocycles. The zero-order valence-electron chi connectivity index (χ0n) is 9.37. The highest BCUT2D eigenvalue weighted by molar-refractivity contribution is 5.66. The van der Waals surface area contributed by atoms with Gasteiger partial charge in [0.1, 0.15) is 12.1 Å². The Bertz CT molecular complexity index is 410. The normalized spacial score (nSPS) is 11.3. The molecule has 1 aromatic rings. The van der Waals surface area contributed by atoms with Gasteiger partial charge >= 0.3 is 12.1 Å². The summed E-state index contributed by atoms with van der Waals surface area (Å²) in [7, 11) is 0. The number of nitrogens with zero attached hydrogens (tertiary/aromatic N) is 2. The Morgan fingerprint density at radius 3 is 2.72 bits per heavy atom. The summed E-state index contributed by atoms with van der Waals surface area (Å²) in [6.07, 6.45) is -4.02. The van der Waals surface area contributed by atoms with Crippen LogP contribution >= 0.6 is 0 Å². The summed E-state index contributed by atoms with van der Waals surface area (Å²) in [6, 6.07) is 1.20. The molecule has 0 bridgehead atoms. The van der Waals surface area contributed by atoms with Gasteiger partial charge in [-0.15, -0.1) is 0 Å². The molecule has 1 aromatic heterocycles. The first kappa shape index (κ1) is 14.2. The summed E-state index contributed by atoms with van der Waals surface area (Å²) in [6.45, 7) is 0.328. The van der Waals surface area contributed by atoms with E-state index in [1.165, 1.54) is 6.07 Å². The molecule has 0 radical (unpaired) electrons. The number of anilines is 1. The SMILES string of the molecule is O=C(O)CCCNc1cc(CC(F)(F)F)ncn1. The number of nitrogens with one attached hydrogen (secondary N) is 1. The van der Waals surface area contributed by atoms with Crippen molar-refractivity contribution in [2.45, 2.75) is 25.4 Å². The molecule has 0 aliphatic heterocycles. The van der Waals surface area contributed by atoms with E-state index in [-0.39, 0.29) is 17.9 Å². The Balaban J connectivity index is 2.47. The summed E-state index contributed by atoms with van der Waals surface area (Å²) < 4.78 is 36.4. The second kappa shape index (κ2) is 6.18. The maximum atomic E-state index is 12.1. The highest BCUT2D eigenvalue weighted by atomic mass is 19.4. The van der Waals surface area contributed by atoms with Crippen LogP contribution in [0.4, 0.5) is 19.0 Å². The number of aliphatic carboxylic acids is 1. The van der Waals surface area contributed by atoms with Crippen molar-refractivity contribution < 1.29 is 23.1 Å². The van der Waals surface area contributed by atoms with E-state index in [2.05, 4.69) is 15.3 Å². The molecule has 18 heavy (non-hydrogen) atoms. The lowest BCUT2D eigenvalue weighted by Crippen LogP contribution is -2.13. The number of halogens is 3. The van der Waals surface area contributed by atoms with Gasteiger partial charge in [0.25, 0.3) is 0 Å². The van der Waals surface area contributed by atoms with Crippen molar-refractivity contribution in [1.82, 2.24) is 9.97 Å². The van der Waals surface area contributed by atoms with Crippen LogP contribution < -0.4 is 5.32 Å². The average Bonchev–Trinajstić information content (AvgIpc) is 2.22. The quantitative estimate of drug-likeness (QED) is 0.766. The molecule has 0 amide bonds. The molecule has 100 valence electrons. The topological polar surface area (TPSA) is 75.1 Å². The van der Waals surface area contributed by atoms with E-state index in [1.807, 2.05) is 0 Å². The third kappa shape index (κ3) is 6.02. The highest BCUT2D eigenvalue weighted by Crippen LogP contribution is 2.20. The van der Waals surface area contributed by atoms with Crippen LogP contribution in [0.15, 0.2) is 12.4 Å². The van der Waals surface area contributed by atoms with Crippen molar-refractivity contribution in [2.24, 2.45) is 0 Å². The second-order valence-corrected chi connectivity index (χ2v) is 3.61. The monoisotopic (exact) mass is 263 g/mol. The fourth-order valence-electron chi connectivity index (χ4n) is 1.25. The first-order valence-corrected chi connectivity index (χ1v) is 5.20. The number of carboxylic acid groups (broad SMARTS) is 1. The van der Waals surface area contributed by atoms with Gasteiger partial charge < -0.3 is 10.4 Å². The lowest BCUT2D eigenvalue weighted by Gasteiger charge is -2.08. The van der Waals surface area contributed by atoms with Crippen LogP contribution in [0.1, 0.15) is 18.5 Å². The predicted molar refractivity (Wildman–Crippen MR) is 57.2 cm³/mol. The molecule has 0 aliphatic carbocycles. The average molecular weight is 263 g/mol. The molecule has 8 heteroatoms. The van der Waals surface area contributed by atoms with Crippen LogP contribution in [-0.4, -0.2) is 33.8 Å². The third-order valence-corrected chi connectivity index (χ3v) is 1.98. The van der Waals surface area contributed by atoms with Crippen molar-refractivity contribution in [1.29, 1.82) is 0 Å². The molecule has 0 atom stereocenters. The van der Waals surface area contributed by atoms with Gasteiger partial charge in [0.05, 0.1) is 12.1 Å². The molecule has 1 rings (SSSR count). The summed E-state index contributed by atoms with van der Waals surface area (Å²) >= 11 is 0. The molecule has 0 aromatic carbocycles. The van der Waals surface area contributed by atoms with E-state index < -0.39 is 18.6 Å². The van der Waals surface area contributed by atoms with Gasteiger partial charge in [-0.3, -0.25) is 4.79 Å². The summed E-state index contributed by atoms with van der Waals surface area (Å²) in [5.74, 6) is -0.660. The number of hydrogen-bond donors (Lipinski definition) is 2. The number of alkyl halides is 3. The van der Waals surface area contributed by atoms with E-state index in [1.54, 1.807) is 0 Å². The number of carboxylic acids is 1. The molecule has 0 aliphatic rings. The van der Waals surface area contributed by atoms with Gasteiger partial charge in [-0.05, 0) is 6.42 Å². The Kier molecular flexibility index (Phi) is 4.87. The molecular weight excluding hydrogens is 251 g/mol. The minimum atomic E-state index is -4.31. The van der Waals surface area contributed by atoms with Crippen molar-refractivity contribution in [3.8, 4) is 0 Å². The van der Waals surface area contributed by atoms with Crippen LogP contribution in [0.25, 0.3) is 0 Å². The predicted octanol–water partition coefficient (Wildman–Crippen LogP) is 1.86. The summed E-state index contributed by atoms with van der Waals surface area (Å²) in [4.78, 5) is 17.5. The fourth-order valence-corrected chi connectivity index (χ4v) is 1.25. The third-order valence-electron chi connectivity index (χ3n) is 1.98. The Labute approximate surface area is 101 Å². The van der Waals surface area contributed by atoms with Gasteiger partial charge in [0, 0.05) is 19.0 Å². The minimum absolute atomic E-state index is 0.00646. The van der Waals surface area contributed by atoms with Gasteiger partial charge in [-0.25, -0.2) is 9.97 Å². The van der Waals surface area contributed by atoms with Crippen LogP contribution in [0.5, 0.6) is 0 Å². The zero-order valence-corrected chi connectivity index (χ0v) is 9.37. The van der Waals surface area contributed by atoms with Gasteiger partial charge in [-0.1, -0.05) is 0 Å². The molecule has 0 spiro atoms. The minimum Gasteiger partial charge on any atom is -0.481 e. The molecular formula is C10H12F3N3O2. The second-order valence-electron chi connectivity index (χ2n) is 3.61. The smallest absolute Gasteiger partial charge is 0.394 e. The lowest BCUT2D eigenvalue weighted by atomic mass is 10.3. The molecule has 0 unspecified atom stereocenters. The number of hydrogen-bond acceptors (Lipinski definition) is 4. The largest absolute Gasteiger partial charge is 0.481 e. The van der Waals surface area contributed by atoms with Crippen LogP contribution in [0.2, 0.25) is 0 Å². The first-order valence-electron chi connectivity index (χ1n) is 5.20. The number of carbonyl (C=O) groups is 1. The lowest BCUT2D eigenvalue weighted by molar-refractivity contribution is -0.137. The van der Waals surface area contributed by atoms with Gasteiger partial charge in [0.15, 0.2) is 0 Å². The van der Waals surface area contributed by atoms with Crippen LogP contribution in [-0.2, 0) is 11.2 Å². The summed E-state index contributed by atoms with van der Waals surface area (Å²) in [5.41, 5.74) is -0.127. The maximum Gasteiger partial charge on any atom is 0.394 e. The highest BCUT2D eigenvalue weighted by Gasteiger charge is 2.28. The molecule has 2 N–H and O–H groups in total. The van der Waals surface area contributed by atoms with E-state index in [4.69, 9.17) is 5.11 Å². The van der Waals surface area contributed by atoms with E-state index in [0.717, 1.165) is 6.33 Å². The first-order chi connectivity index (χ1) is 8.37. The molecule has 1 heterocycles.